The van der Waals surface area contributed by atoms with Crippen LogP contribution in [0.25, 0.3) is 0 Å². The van der Waals surface area contributed by atoms with Gasteiger partial charge in [-0.2, -0.15) is 0 Å². The first-order chi connectivity index (χ1) is 14.4. The molecule has 5 atom stereocenters. The molecule has 6 heteroatoms. The quantitative estimate of drug-likeness (QED) is 0.312. The zero-order valence-electron chi connectivity index (χ0n) is 20.1. The van der Waals surface area contributed by atoms with E-state index in [0.717, 1.165) is 32.1 Å². The summed E-state index contributed by atoms with van der Waals surface area (Å²) in [6.45, 7) is 14.5. The fourth-order valence-corrected chi connectivity index (χ4v) is 6.28. The fourth-order valence-electron chi connectivity index (χ4n) is 6.28. The van der Waals surface area contributed by atoms with Crippen LogP contribution in [0.4, 0.5) is 0 Å². The van der Waals surface area contributed by atoms with Gasteiger partial charge in [0.05, 0.1) is 26.7 Å². The van der Waals surface area contributed by atoms with Gasteiger partial charge in [0, 0.05) is 25.7 Å². The summed E-state index contributed by atoms with van der Waals surface area (Å²) in [4.78, 5) is 35.5. The van der Waals surface area contributed by atoms with Crippen molar-refractivity contribution in [3.8, 4) is 0 Å². The lowest BCUT2D eigenvalue weighted by Gasteiger charge is -2.46. The van der Waals surface area contributed by atoms with Crippen LogP contribution in [0.2, 0.25) is 0 Å². The molecular weight excluding hydrogens is 396 g/mol. The monoisotopic (exact) mass is 436 g/mol. The first-order valence-corrected chi connectivity index (χ1v) is 11.4. The Balaban J connectivity index is 2.47. The van der Waals surface area contributed by atoms with Gasteiger partial charge in [-0.1, -0.05) is 32.9 Å². The number of carbonyl (C=O) groups excluding carboxylic acids is 3. The number of rotatable bonds is 8. The lowest BCUT2D eigenvalue weighted by Crippen LogP contribution is -2.44. The second-order valence-electron chi connectivity index (χ2n) is 10.4. The standard InChI is InChI=1S/C25H40O6/c1-16-9-8-11-24(4,5)20-10-12-25(6,23(16)20)21(15-31-18(3)27)19(13-22(28)29-7)14-30-17(2)26/h19-21,23H,1,8-15H2,2-7H3/t19-,20+,21+,23?,25-/m0/s1. The molecule has 2 aliphatic carbocycles. The molecule has 0 spiro atoms. The van der Waals surface area contributed by atoms with E-state index < -0.39 is 5.97 Å². The van der Waals surface area contributed by atoms with Crippen LogP contribution in [0, 0.1) is 34.5 Å². The number of hydrogen-bond donors (Lipinski definition) is 0. The third kappa shape index (κ3) is 5.89. The summed E-state index contributed by atoms with van der Waals surface area (Å²) in [5.41, 5.74) is 1.23. The Morgan fingerprint density at radius 1 is 1.06 bits per heavy atom. The smallest absolute Gasteiger partial charge is 0.305 e. The highest BCUT2D eigenvalue weighted by atomic mass is 16.5. The Morgan fingerprint density at radius 3 is 2.26 bits per heavy atom. The van der Waals surface area contributed by atoms with E-state index in [4.69, 9.17) is 14.2 Å². The van der Waals surface area contributed by atoms with Crippen molar-refractivity contribution >= 4 is 17.9 Å². The van der Waals surface area contributed by atoms with Crippen LogP contribution in [0.3, 0.4) is 0 Å². The molecule has 0 aromatic carbocycles. The molecule has 0 heterocycles. The summed E-state index contributed by atoms with van der Waals surface area (Å²) in [6, 6.07) is 0. The molecular formula is C25H40O6. The van der Waals surface area contributed by atoms with Gasteiger partial charge in [-0.15, -0.1) is 0 Å². The third-order valence-corrected chi connectivity index (χ3v) is 7.91. The average molecular weight is 437 g/mol. The summed E-state index contributed by atoms with van der Waals surface area (Å²) in [5.74, 6) is -0.817. The minimum Gasteiger partial charge on any atom is -0.469 e. The van der Waals surface area contributed by atoms with Gasteiger partial charge in [-0.25, -0.2) is 0 Å². The first kappa shape index (κ1) is 25.4. The van der Waals surface area contributed by atoms with E-state index in [-0.39, 0.29) is 60.2 Å². The fraction of sp³-hybridized carbons (Fsp3) is 0.800. The number of esters is 3. The maximum atomic E-state index is 12.2. The molecule has 0 aliphatic heterocycles. The molecule has 6 nitrogen and oxygen atoms in total. The van der Waals surface area contributed by atoms with Crippen molar-refractivity contribution in [3.63, 3.8) is 0 Å². The van der Waals surface area contributed by atoms with Gasteiger partial charge < -0.3 is 14.2 Å². The van der Waals surface area contributed by atoms with E-state index in [9.17, 15) is 14.4 Å². The van der Waals surface area contributed by atoms with E-state index >= 15 is 0 Å². The topological polar surface area (TPSA) is 78.9 Å². The zero-order chi connectivity index (χ0) is 23.4. The van der Waals surface area contributed by atoms with Crippen LogP contribution in [0.1, 0.15) is 73.1 Å². The van der Waals surface area contributed by atoms with Crippen molar-refractivity contribution < 1.29 is 28.6 Å². The first-order valence-electron chi connectivity index (χ1n) is 11.4. The molecule has 2 saturated carbocycles. The van der Waals surface area contributed by atoms with Crippen molar-refractivity contribution in [2.24, 2.45) is 34.5 Å². The largest absolute Gasteiger partial charge is 0.469 e. The van der Waals surface area contributed by atoms with Crippen molar-refractivity contribution in [1.29, 1.82) is 0 Å². The van der Waals surface area contributed by atoms with Gasteiger partial charge in [0.1, 0.15) is 0 Å². The molecule has 0 bridgehead atoms. The van der Waals surface area contributed by atoms with Gasteiger partial charge in [0.15, 0.2) is 0 Å². The van der Waals surface area contributed by atoms with Gasteiger partial charge in [-0.3, -0.25) is 14.4 Å². The van der Waals surface area contributed by atoms with Crippen molar-refractivity contribution in [1.82, 2.24) is 0 Å². The van der Waals surface area contributed by atoms with Crippen LogP contribution in [0.15, 0.2) is 12.2 Å². The van der Waals surface area contributed by atoms with Gasteiger partial charge >= 0.3 is 17.9 Å². The van der Waals surface area contributed by atoms with Gasteiger partial charge in [0.2, 0.25) is 0 Å². The lowest BCUT2D eigenvalue weighted by atomic mass is 9.59. The molecule has 2 fully saturated rings. The number of carbonyl (C=O) groups is 3. The summed E-state index contributed by atoms with van der Waals surface area (Å²) in [7, 11) is 1.36. The van der Waals surface area contributed by atoms with E-state index in [1.165, 1.54) is 26.5 Å². The maximum absolute atomic E-state index is 12.2. The second kappa shape index (κ2) is 10.2. The Morgan fingerprint density at radius 2 is 1.68 bits per heavy atom. The summed E-state index contributed by atoms with van der Waals surface area (Å²) >= 11 is 0. The van der Waals surface area contributed by atoms with E-state index in [1.54, 1.807) is 0 Å². The molecule has 0 aromatic heterocycles. The molecule has 0 saturated heterocycles. The molecule has 0 radical (unpaired) electrons. The molecule has 2 rings (SSSR count). The van der Waals surface area contributed by atoms with Crippen molar-refractivity contribution in [2.75, 3.05) is 20.3 Å². The lowest BCUT2D eigenvalue weighted by molar-refractivity contribution is -0.154. The number of hydrogen-bond acceptors (Lipinski definition) is 6. The highest BCUT2D eigenvalue weighted by Gasteiger charge is 2.56. The van der Waals surface area contributed by atoms with Crippen LogP contribution >= 0.6 is 0 Å². The molecule has 176 valence electrons. The van der Waals surface area contributed by atoms with Crippen LogP contribution in [-0.2, 0) is 28.6 Å². The van der Waals surface area contributed by atoms with Crippen LogP contribution in [0.5, 0.6) is 0 Å². The average Bonchev–Trinajstić information content (AvgIpc) is 2.98. The molecule has 1 unspecified atom stereocenters. The Hall–Kier alpha value is -1.85. The number of fused-ring (bicyclic) bond motifs is 1. The predicted octanol–water partition coefficient (Wildman–Crippen LogP) is 4.71. The minimum absolute atomic E-state index is 0.0964. The highest BCUT2D eigenvalue weighted by Crippen LogP contribution is 2.63. The second-order valence-corrected chi connectivity index (χ2v) is 10.4. The minimum atomic E-state index is -0.393. The molecule has 0 aromatic rings. The zero-order valence-corrected chi connectivity index (χ0v) is 20.1. The van der Waals surface area contributed by atoms with Gasteiger partial charge in [-0.05, 0) is 54.8 Å². The third-order valence-electron chi connectivity index (χ3n) is 7.91. The van der Waals surface area contributed by atoms with Gasteiger partial charge in [0.25, 0.3) is 0 Å². The van der Waals surface area contributed by atoms with E-state index in [1.807, 2.05) is 0 Å². The number of methoxy groups -OCH3 is 1. The predicted molar refractivity (Wildman–Crippen MR) is 118 cm³/mol. The summed E-state index contributed by atoms with van der Waals surface area (Å²) in [6.07, 6.45) is 5.42. The van der Waals surface area contributed by atoms with Crippen LogP contribution in [-0.4, -0.2) is 38.2 Å². The summed E-state index contributed by atoms with van der Waals surface area (Å²) in [5, 5.41) is 0. The molecule has 2 aliphatic rings. The Bertz CT molecular complexity index is 696. The van der Waals surface area contributed by atoms with E-state index in [0.29, 0.717) is 5.92 Å². The Kier molecular flexibility index (Phi) is 8.34. The highest BCUT2D eigenvalue weighted by molar-refractivity contribution is 5.70. The summed E-state index contributed by atoms with van der Waals surface area (Å²) < 4.78 is 15.8. The van der Waals surface area contributed by atoms with E-state index in [2.05, 4.69) is 27.4 Å². The normalized spacial score (nSPS) is 29.3. The SMILES string of the molecule is C=C1CCCC(C)(C)[C@@H]2CC[C@@](C)([C@H](COC(C)=O)[C@H](COC(C)=O)CC(=O)OC)C12. The van der Waals surface area contributed by atoms with Crippen molar-refractivity contribution in [2.45, 2.75) is 73.1 Å². The molecule has 0 N–H and O–H groups in total. The number of ether oxygens (including phenoxy) is 3. The van der Waals surface area contributed by atoms with Crippen LogP contribution < -0.4 is 0 Å². The maximum Gasteiger partial charge on any atom is 0.305 e. The van der Waals surface area contributed by atoms with Crippen molar-refractivity contribution in [3.05, 3.63) is 12.2 Å². The number of allylic oxidation sites excluding steroid dienone is 1. The Labute approximate surface area is 187 Å². The molecule has 0 amide bonds. The molecule has 31 heavy (non-hydrogen) atoms.